The SMILES string of the molecule is CC(C)(C)c1cc(CC(=O)Cc2ccc(-c3cnc(N)c(CO)c3)cc2)no1. The highest BCUT2D eigenvalue weighted by molar-refractivity contribution is 5.83. The van der Waals surface area contributed by atoms with Gasteiger partial charge in [-0.2, -0.15) is 0 Å². The highest BCUT2D eigenvalue weighted by Gasteiger charge is 2.20. The van der Waals surface area contributed by atoms with E-state index in [9.17, 15) is 9.90 Å². The van der Waals surface area contributed by atoms with E-state index >= 15 is 0 Å². The number of ketones is 1. The minimum Gasteiger partial charge on any atom is -0.392 e. The molecule has 0 saturated carbocycles. The Kier molecular flexibility index (Phi) is 5.61. The Bertz CT molecular complexity index is 969. The zero-order valence-electron chi connectivity index (χ0n) is 16.4. The van der Waals surface area contributed by atoms with Crippen molar-refractivity contribution >= 4 is 11.6 Å². The highest BCUT2D eigenvalue weighted by Crippen LogP contribution is 2.24. The second kappa shape index (κ2) is 7.94. The quantitative estimate of drug-likeness (QED) is 0.680. The van der Waals surface area contributed by atoms with E-state index in [-0.39, 0.29) is 24.2 Å². The van der Waals surface area contributed by atoms with Crippen molar-refractivity contribution in [3.8, 4) is 11.1 Å². The first kappa shape index (κ1) is 19.8. The maximum Gasteiger partial charge on any atom is 0.143 e. The van der Waals surface area contributed by atoms with Gasteiger partial charge in [-0.05, 0) is 17.2 Å². The fourth-order valence-corrected chi connectivity index (χ4v) is 2.86. The molecule has 0 bridgehead atoms. The van der Waals surface area contributed by atoms with Crippen LogP contribution in [0.4, 0.5) is 5.82 Å². The number of carbonyl (C=O) groups is 1. The van der Waals surface area contributed by atoms with E-state index in [0.29, 0.717) is 23.5 Å². The number of benzene rings is 1. The summed E-state index contributed by atoms with van der Waals surface area (Å²) in [6.07, 6.45) is 2.26. The van der Waals surface area contributed by atoms with Crippen LogP contribution in [0, 0.1) is 0 Å². The van der Waals surface area contributed by atoms with Crippen molar-refractivity contribution < 1.29 is 14.4 Å². The molecule has 0 unspecified atom stereocenters. The summed E-state index contributed by atoms with van der Waals surface area (Å²) < 4.78 is 5.34. The molecule has 0 spiro atoms. The number of nitrogens with zero attached hydrogens (tertiary/aromatic N) is 2. The van der Waals surface area contributed by atoms with Gasteiger partial charge in [-0.25, -0.2) is 4.98 Å². The Labute approximate surface area is 164 Å². The van der Waals surface area contributed by atoms with Crippen LogP contribution < -0.4 is 5.73 Å². The summed E-state index contributed by atoms with van der Waals surface area (Å²) >= 11 is 0. The van der Waals surface area contributed by atoms with Gasteiger partial charge >= 0.3 is 0 Å². The molecule has 3 rings (SSSR count). The van der Waals surface area contributed by atoms with Crippen molar-refractivity contribution in [2.75, 3.05) is 5.73 Å². The fourth-order valence-electron chi connectivity index (χ4n) is 2.86. The number of hydrogen-bond acceptors (Lipinski definition) is 6. The number of nitrogens with two attached hydrogens (primary N) is 1. The van der Waals surface area contributed by atoms with Crippen LogP contribution in [-0.4, -0.2) is 21.0 Å². The van der Waals surface area contributed by atoms with Crippen molar-refractivity contribution in [3.05, 3.63) is 65.2 Å². The average molecular weight is 379 g/mol. The van der Waals surface area contributed by atoms with E-state index in [0.717, 1.165) is 22.5 Å². The zero-order chi connectivity index (χ0) is 20.3. The molecule has 6 heteroatoms. The van der Waals surface area contributed by atoms with Crippen molar-refractivity contribution in [2.45, 2.75) is 45.6 Å². The van der Waals surface area contributed by atoms with E-state index in [4.69, 9.17) is 10.3 Å². The van der Waals surface area contributed by atoms with Crippen LogP contribution in [0.25, 0.3) is 11.1 Å². The molecule has 0 amide bonds. The van der Waals surface area contributed by atoms with Gasteiger partial charge in [0.05, 0.1) is 18.7 Å². The smallest absolute Gasteiger partial charge is 0.143 e. The summed E-state index contributed by atoms with van der Waals surface area (Å²) in [5, 5.41) is 13.3. The number of aliphatic hydroxyl groups is 1. The van der Waals surface area contributed by atoms with Crippen LogP contribution in [0.15, 0.2) is 47.1 Å². The van der Waals surface area contributed by atoms with Gasteiger partial charge in [-0.3, -0.25) is 4.79 Å². The van der Waals surface area contributed by atoms with Crippen molar-refractivity contribution in [3.63, 3.8) is 0 Å². The minimum absolute atomic E-state index is 0.0817. The maximum absolute atomic E-state index is 12.4. The highest BCUT2D eigenvalue weighted by atomic mass is 16.5. The largest absolute Gasteiger partial charge is 0.392 e. The Morgan fingerprint density at radius 2 is 1.82 bits per heavy atom. The van der Waals surface area contributed by atoms with Gasteiger partial charge in [0.15, 0.2) is 0 Å². The standard InChI is InChI=1S/C22H25N3O3/c1-22(2,3)20-11-18(25-28-20)10-19(27)8-14-4-6-15(7-5-14)16-9-17(13-26)21(23)24-12-16/h4-7,9,11-12,26H,8,10,13H2,1-3H3,(H2,23,24). The molecule has 0 atom stereocenters. The lowest BCUT2D eigenvalue weighted by Gasteiger charge is -2.12. The number of rotatable bonds is 6. The third-order valence-electron chi connectivity index (χ3n) is 4.54. The number of carbonyl (C=O) groups excluding carboxylic acids is 1. The number of aliphatic hydroxyl groups excluding tert-OH is 1. The molecule has 1 aromatic carbocycles. The summed E-state index contributed by atoms with van der Waals surface area (Å²) in [6.45, 7) is 5.97. The maximum atomic E-state index is 12.4. The summed E-state index contributed by atoms with van der Waals surface area (Å²) in [7, 11) is 0. The van der Waals surface area contributed by atoms with Gasteiger partial charge in [0.1, 0.15) is 17.4 Å². The molecule has 2 heterocycles. The Hall–Kier alpha value is -2.99. The fraction of sp³-hybridized carbons (Fsp3) is 0.318. The molecule has 0 aliphatic rings. The lowest BCUT2D eigenvalue weighted by atomic mass is 9.93. The Morgan fingerprint density at radius 1 is 1.11 bits per heavy atom. The van der Waals surface area contributed by atoms with Gasteiger partial charge in [0.2, 0.25) is 0 Å². The van der Waals surface area contributed by atoms with E-state index in [1.165, 1.54) is 0 Å². The van der Waals surface area contributed by atoms with Gasteiger partial charge in [-0.15, -0.1) is 0 Å². The monoisotopic (exact) mass is 379 g/mol. The summed E-state index contributed by atoms with van der Waals surface area (Å²) in [4.78, 5) is 16.5. The minimum atomic E-state index is -0.155. The van der Waals surface area contributed by atoms with Gasteiger partial charge < -0.3 is 15.4 Å². The number of aromatic nitrogens is 2. The van der Waals surface area contributed by atoms with Gasteiger partial charge in [0.25, 0.3) is 0 Å². The van der Waals surface area contributed by atoms with Crippen molar-refractivity contribution in [1.29, 1.82) is 0 Å². The molecule has 146 valence electrons. The predicted molar refractivity (Wildman–Crippen MR) is 108 cm³/mol. The molecule has 0 fully saturated rings. The topological polar surface area (TPSA) is 102 Å². The molecule has 0 aliphatic carbocycles. The summed E-state index contributed by atoms with van der Waals surface area (Å²) in [5.74, 6) is 1.19. The first-order valence-electron chi connectivity index (χ1n) is 9.18. The molecule has 3 N–H and O–H groups in total. The van der Waals surface area contributed by atoms with E-state index in [2.05, 4.69) is 10.1 Å². The van der Waals surface area contributed by atoms with Crippen LogP contribution in [0.1, 0.15) is 43.4 Å². The van der Waals surface area contributed by atoms with Crippen LogP contribution in [0.2, 0.25) is 0 Å². The van der Waals surface area contributed by atoms with Crippen molar-refractivity contribution in [2.24, 2.45) is 0 Å². The Morgan fingerprint density at radius 3 is 2.43 bits per heavy atom. The van der Waals surface area contributed by atoms with E-state index in [1.807, 2.05) is 57.2 Å². The molecule has 0 saturated heterocycles. The number of anilines is 1. The molecule has 6 nitrogen and oxygen atoms in total. The molecular weight excluding hydrogens is 354 g/mol. The summed E-state index contributed by atoms with van der Waals surface area (Å²) in [6, 6.07) is 11.4. The number of Topliss-reactive ketones (excluding diaryl/α,β-unsaturated/α-hetero) is 1. The number of pyridine rings is 1. The van der Waals surface area contributed by atoms with E-state index < -0.39 is 0 Å². The third-order valence-corrected chi connectivity index (χ3v) is 4.54. The van der Waals surface area contributed by atoms with Crippen LogP contribution in [0.5, 0.6) is 0 Å². The molecule has 0 radical (unpaired) electrons. The second-order valence-electron chi connectivity index (χ2n) is 7.95. The second-order valence-corrected chi connectivity index (χ2v) is 7.95. The zero-order valence-corrected chi connectivity index (χ0v) is 16.4. The predicted octanol–water partition coefficient (Wildman–Crippen LogP) is 3.46. The first-order valence-corrected chi connectivity index (χ1v) is 9.18. The van der Waals surface area contributed by atoms with Gasteiger partial charge in [-0.1, -0.05) is 50.2 Å². The number of hydrogen-bond donors (Lipinski definition) is 2. The van der Waals surface area contributed by atoms with Crippen LogP contribution >= 0.6 is 0 Å². The normalized spacial score (nSPS) is 11.6. The lowest BCUT2D eigenvalue weighted by Crippen LogP contribution is -2.09. The van der Waals surface area contributed by atoms with Gasteiger partial charge in [0, 0.05) is 35.2 Å². The molecule has 0 aliphatic heterocycles. The number of nitrogen functional groups attached to an aromatic ring is 1. The molecular formula is C22H25N3O3. The van der Waals surface area contributed by atoms with Crippen LogP contribution in [-0.2, 0) is 29.7 Å². The first-order chi connectivity index (χ1) is 13.3. The third kappa shape index (κ3) is 4.64. The van der Waals surface area contributed by atoms with Crippen molar-refractivity contribution in [1.82, 2.24) is 10.1 Å². The lowest BCUT2D eigenvalue weighted by molar-refractivity contribution is -0.117. The van der Waals surface area contributed by atoms with E-state index in [1.54, 1.807) is 6.20 Å². The Balaban J connectivity index is 1.65. The molecule has 3 aromatic rings. The average Bonchev–Trinajstić information content (AvgIpc) is 3.11. The molecule has 2 aromatic heterocycles. The molecule has 28 heavy (non-hydrogen) atoms. The van der Waals surface area contributed by atoms with Crippen LogP contribution in [0.3, 0.4) is 0 Å². The summed E-state index contributed by atoms with van der Waals surface area (Å²) in [5.41, 5.74) is 9.60.